The van der Waals surface area contributed by atoms with Gasteiger partial charge in [-0.05, 0) is 42.8 Å². The van der Waals surface area contributed by atoms with Crippen molar-refractivity contribution in [3.8, 4) is 17.1 Å². The molecule has 0 saturated heterocycles. The maximum absolute atomic E-state index is 14.0. The zero-order chi connectivity index (χ0) is 23.7. The summed E-state index contributed by atoms with van der Waals surface area (Å²) in [6, 6.07) is 21.8. The van der Waals surface area contributed by atoms with Gasteiger partial charge < -0.3 is 14.6 Å². The Hall–Kier alpha value is -4.46. The molecule has 1 N–H and O–H groups in total. The summed E-state index contributed by atoms with van der Waals surface area (Å²) in [7, 11) is 1.59. The Labute approximate surface area is 195 Å². The van der Waals surface area contributed by atoms with Gasteiger partial charge in [-0.2, -0.15) is 4.98 Å². The number of carbonyl (C=O) groups excluding carboxylic acids is 1. The second-order valence-electron chi connectivity index (χ2n) is 7.76. The number of anilines is 1. The summed E-state index contributed by atoms with van der Waals surface area (Å²) in [5.41, 5.74) is 3.16. The Morgan fingerprint density at radius 1 is 1.03 bits per heavy atom. The molecule has 0 aliphatic carbocycles. The lowest BCUT2D eigenvalue weighted by molar-refractivity contribution is 0.244. The third-order valence-electron chi connectivity index (χ3n) is 5.67. The lowest BCUT2D eigenvalue weighted by Crippen LogP contribution is -2.46. The van der Waals surface area contributed by atoms with Crippen LogP contribution in [0.4, 0.5) is 14.9 Å². The standard InChI is InChI=1S/C26H21FN4O3/c1-16-22(25-29-24(30-34-25)18-10-6-13-21(14-18)33-2)23(17-8-4-3-5-9-17)28-26(32)31(16)20-12-7-11-19(27)15-20/h3-15,23H,1-2H3,(H,28,32). The molecule has 8 heteroatoms. The second-order valence-corrected chi connectivity index (χ2v) is 7.76. The van der Waals surface area contributed by atoms with E-state index >= 15 is 0 Å². The molecule has 34 heavy (non-hydrogen) atoms. The van der Waals surface area contributed by atoms with Gasteiger partial charge in [0.25, 0.3) is 5.89 Å². The van der Waals surface area contributed by atoms with Crippen molar-refractivity contribution in [2.24, 2.45) is 0 Å². The highest BCUT2D eigenvalue weighted by Gasteiger charge is 2.36. The van der Waals surface area contributed by atoms with E-state index in [2.05, 4.69) is 15.5 Å². The highest BCUT2D eigenvalue weighted by molar-refractivity contribution is 6.01. The van der Waals surface area contributed by atoms with Crippen LogP contribution in [-0.4, -0.2) is 23.3 Å². The van der Waals surface area contributed by atoms with Gasteiger partial charge in [0.1, 0.15) is 11.6 Å². The molecule has 2 amide bonds. The third-order valence-corrected chi connectivity index (χ3v) is 5.67. The number of hydrogen-bond donors (Lipinski definition) is 1. The smallest absolute Gasteiger partial charge is 0.327 e. The number of nitrogens with one attached hydrogen (secondary N) is 1. The van der Waals surface area contributed by atoms with Gasteiger partial charge in [-0.1, -0.05) is 53.7 Å². The van der Waals surface area contributed by atoms with Gasteiger partial charge in [-0.25, -0.2) is 9.18 Å². The number of aromatic nitrogens is 2. The van der Waals surface area contributed by atoms with Gasteiger partial charge in [0.15, 0.2) is 0 Å². The van der Waals surface area contributed by atoms with Crippen molar-refractivity contribution in [1.82, 2.24) is 15.5 Å². The molecule has 1 aliphatic heterocycles. The van der Waals surface area contributed by atoms with Crippen LogP contribution >= 0.6 is 0 Å². The highest BCUT2D eigenvalue weighted by Crippen LogP contribution is 2.39. The van der Waals surface area contributed by atoms with Crippen LogP contribution in [0, 0.1) is 5.82 Å². The van der Waals surface area contributed by atoms with Crippen molar-refractivity contribution in [3.63, 3.8) is 0 Å². The summed E-state index contributed by atoms with van der Waals surface area (Å²) in [6.07, 6.45) is 0. The van der Waals surface area contributed by atoms with Crippen LogP contribution in [-0.2, 0) is 0 Å². The minimum absolute atomic E-state index is 0.255. The number of amides is 2. The molecule has 7 nitrogen and oxygen atoms in total. The number of nitrogens with zero attached hydrogens (tertiary/aromatic N) is 3. The Morgan fingerprint density at radius 3 is 2.59 bits per heavy atom. The number of ether oxygens (including phenoxy) is 1. The summed E-state index contributed by atoms with van der Waals surface area (Å²) in [4.78, 5) is 19.2. The average molecular weight is 456 g/mol. The number of hydrogen-bond acceptors (Lipinski definition) is 5. The first-order chi connectivity index (χ1) is 16.5. The van der Waals surface area contributed by atoms with E-state index < -0.39 is 11.9 Å². The summed E-state index contributed by atoms with van der Waals surface area (Å²) in [6.45, 7) is 1.78. The predicted molar refractivity (Wildman–Crippen MR) is 125 cm³/mol. The molecule has 5 rings (SSSR count). The number of allylic oxidation sites excluding steroid dienone is 1. The molecule has 1 atom stereocenters. The molecule has 0 bridgehead atoms. The molecular weight excluding hydrogens is 435 g/mol. The van der Waals surface area contributed by atoms with Crippen LogP contribution < -0.4 is 15.0 Å². The van der Waals surface area contributed by atoms with Gasteiger partial charge in [0, 0.05) is 11.3 Å². The molecular formula is C26H21FN4O3. The quantitative estimate of drug-likeness (QED) is 0.424. The summed E-state index contributed by atoms with van der Waals surface area (Å²) < 4.78 is 24.9. The lowest BCUT2D eigenvalue weighted by Gasteiger charge is -2.35. The first kappa shape index (κ1) is 21.4. The van der Waals surface area contributed by atoms with Crippen molar-refractivity contribution in [2.45, 2.75) is 13.0 Å². The molecule has 4 aromatic rings. The van der Waals surface area contributed by atoms with Gasteiger partial charge in [0.2, 0.25) is 5.82 Å². The number of rotatable bonds is 5. The van der Waals surface area contributed by atoms with E-state index in [1.807, 2.05) is 54.6 Å². The first-order valence-electron chi connectivity index (χ1n) is 10.7. The largest absolute Gasteiger partial charge is 0.497 e. The van der Waals surface area contributed by atoms with Crippen LogP contribution in [0.1, 0.15) is 24.4 Å². The fraction of sp³-hybridized carbons (Fsp3) is 0.115. The maximum atomic E-state index is 14.0. The molecule has 0 saturated carbocycles. The number of urea groups is 1. The van der Waals surface area contributed by atoms with Crippen LogP contribution in [0.3, 0.4) is 0 Å². The monoisotopic (exact) mass is 456 g/mol. The number of halogens is 1. The zero-order valence-corrected chi connectivity index (χ0v) is 18.5. The van der Waals surface area contributed by atoms with Crippen LogP contribution in [0.2, 0.25) is 0 Å². The lowest BCUT2D eigenvalue weighted by atomic mass is 9.94. The molecule has 1 aromatic heterocycles. The Balaban J connectivity index is 1.65. The van der Waals surface area contributed by atoms with Gasteiger partial charge in [-0.15, -0.1) is 0 Å². The van der Waals surface area contributed by atoms with Crippen LogP contribution in [0.5, 0.6) is 5.75 Å². The normalized spacial score (nSPS) is 15.9. The SMILES string of the molecule is COc1cccc(-c2noc(C3=C(C)N(c4cccc(F)c4)C(=O)NC3c3ccccc3)n2)c1. The average Bonchev–Trinajstić information content (AvgIpc) is 3.34. The first-order valence-corrected chi connectivity index (χ1v) is 10.7. The van der Waals surface area contributed by atoms with E-state index in [9.17, 15) is 9.18 Å². The Morgan fingerprint density at radius 2 is 1.82 bits per heavy atom. The molecule has 0 radical (unpaired) electrons. The fourth-order valence-corrected chi connectivity index (χ4v) is 4.05. The number of benzene rings is 3. The molecule has 0 fully saturated rings. The summed E-state index contributed by atoms with van der Waals surface area (Å²) in [5, 5.41) is 7.17. The van der Waals surface area contributed by atoms with E-state index in [0.717, 1.165) is 11.1 Å². The molecule has 170 valence electrons. The number of methoxy groups -OCH3 is 1. The van der Waals surface area contributed by atoms with Crippen molar-refractivity contribution in [1.29, 1.82) is 0 Å². The predicted octanol–water partition coefficient (Wildman–Crippen LogP) is 5.59. The van der Waals surface area contributed by atoms with E-state index in [0.29, 0.717) is 28.5 Å². The van der Waals surface area contributed by atoms with Crippen LogP contribution in [0.25, 0.3) is 17.0 Å². The molecule has 1 unspecified atom stereocenters. The minimum atomic E-state index is -0.530. The van der Waals surface area contributed by atoms with Crippen molar-refractivity contribution < 1.29 is 18.4 Å². The fourth-order valence-electron chi connectivity index (χ4n) is 4.05. The topological polar surface area (TPSA) is 80.5 Å². The Kier molecular flexibility index (Phi) is 5.55. The van der Waals surface area contributed by atoms with E-state index in [-0.39, 0.29) is 11.9 Å². The molecule has 1 aliphatic rings. The van der Waals surface area contributed by atoms with E-state index in [1.54, 1.807) is 26.2 Å². The van der Waals surface area contributed by atoms with Crippen molar-refractivity contribution >= 4 is 17.3 Å². The van der Waals surface area contributed by atoms with Gasteiger partial charge in [0.05, 0.1) is 24.4 Å². The third kappa shape index (κ3) is 3.90. The van der Waals surface area contributed by atoms with E-state index in [1.165, 1.54) is 17.0 Å². The molecule has 0 spiro atoms. The number of carbonyl (C=O) groups is 1. The summed E-state index contributed by atoms with van der Waals surface area (Å²) in [5.74, 6) is 0.868. The van der Waals surface area contributed by atoms with Crippen molar-refractivity contribution in [2.75, 3.05) is 12.0 Å². The second kappa shape index (κ2) is 8.82. The van der Waals surface area contributed by atoms with E-state index in [4.69, 9.17) is 9.26 Å². The molecule has 3 aromatic carbocycles. The Bertz CT molecular complexity index is 1380. The van der Waals surface area contributed by atoms with Gasteiger partial charge in [-0.3, -0.25) is 4.90 Å². The highest BCUT2D eigenvalue weighted by atomic mass is 19.1. The molecule has 2 heterocycles. The maximum Gasteiger partial charge on any atom is 0.327 e. The van der Waals surface area contributed by atoms with Crippen LogP contribution in [0.15, 0.2) is 89.1 Å². The zero-order valence-electron chi connectivity index (χ0n) is 18.5. The summed E-state index contributed by atoms with van der Waals surface area (Å²) >= 11 is 0. The van der Waals surface area contributed by atoms with Crippen molar-refractivity contribution in [3.05, 3.63) is 102 Å². The minimum Gasteiger partial charge on any atom is -0.497 e. The van der Waals surface area contributed by atoms with Gasteiger partial charge >= 0.3 is 6.03 Å².